The van der Waals surface area contributed by atoms with Crippen LogP contribution in [0.5, 0.6) is 0 Å². The van der Waals surface area contributed by atoms with Crippen LogP contribution in [0.3, 0.4) is 0 Å². The number of non-ortho nitro benzene ring substituents is 1. The fourth-order valence-corrected chi connectivity index (χ4v) is 3.45. The van der Waals surface area contributed by atoms with Crippen LogP contribution in [-0.2, 0) is 33.8 Å². The van der Waals surface area contributed by atoms with Crippen LogP contribution in [-0.4, -0.2) is 34.9 Å². The zero-order valence-electron chi connectivity index (χ0n) is 19.3. The Morgan fingerprint density at radius 1 is 0.778 bits per heavy atom. The lowest BCUT2D eigenvalue weighted by molar-refractivity contribution is -0.384. The number of nitrogens with two attached hydrogens (primary N) is 1. The fourth-order valence-electron chi connectivity index (χ4n) is 3.45. The molecule has 0 aromatic heterocycles. The Morgan fingerprint density at radius 2 is 1.31 bits per heavy atom. The van der Waals surface area contributed by atoms with Gasteiger partial charge in [-0.25, -0.2) is 4.79 Å². The van der Waals surface area contributed by atoms with Gasteiger partial charge in [-0.2, -0.15) is 0 Å². The van der Waals surface area contributed by atoms with Crippen molar-refractivity contribution in [2.45, 2.75) is 31.5 Å². The highest BCUT2D eigenvalue weighted by Gasteiger charge is 2.27. The number of rotatable bonds is 11. The van der Waals surface area contributed by atoms with Gasteiger partial charge in [0.1, 0.15) is 18.7 Å². The number of nitro benzene ring substituents is 1. The van der Waals surface area contributed by atoms with Gasteiger partial charge in [0.15, 0.2) is 0 Å². The number of carbonyl (C=O) groups is 3. The fraction of sp³-hybridized carbons (Fsp3) is 0.192. The van der Waals surface area contributed by atoms with Crippen LogP contribution in [0.4, 0.5) is 10.5 Å². The van der Waals surface area contributed by atoms with Gasteiger partial charge in [0.2, 0.25) is 11.8 Å². The molecule has 186 valence electrons. The second kappa shape index (κ2) is 12.7. The number of hydrogen-bond acceptors (Lipinski definition) is 6. The lowest BCUT2D eigenvalue weighted by Gasteiger charge is -2.22. The molecule has 4 N–H and O–H groups in total. The Morgan fingerprint density at radius 3 is 1.86 bits per heavy atom. The van der Waals surface area contributed by atoms with Crippen molar-refractivity contribution in [1.29, 1.82) is 0 Å². The third-order valence-electron chi connectivity index (χ3n) is 5.35. The first-order valence-electron chi connectivity index (χ1n) is 11.2. The van der Waals surface area contributed by atoms with Crippen molar-refractivity contribution < 1.29 is 24.0 Å². The van der Waals surface area contributed by atoms with E-state index in [9.17, 15) is 24.5 Å². The molecule has 36 heavy (non-hydrogen) atoms. The quantitative estimate of drug-likeness (QED) is 0.277. The molecule has 3 aromatic rings. The molecule has 0 aliphatic carbocycles. The monoisotopic (exact) mass is 490 g/mol. The van der Waals surface area contributed by atoms with Gasteiger partial charge < -0.3 is 21.1 Å². The summed E-state index contributed by atoms with van der Waals surface area (Å²) < 4.78 is 5.25. The summed E-state index contributed by atoms with van der Waals surface area (Å²) in [7, 11) is 0. The van der Waals surface area contributed by atoms with Crippen molar-refractivity contribution in [3.05, 3.63) is 112 Å². The third kappa shape index (κ3) is 7.94. The zero-order chi connectivity index (χ0) is 25.9. The van der Waals surface area contributed by atoms with E-state index in [1.54, 1.807) is 36.4 Å². The number of primary amides is 1. The maximum atomic E-state index is 13.1. The molecule has 10 heteroatoms. The van der Waals surface area contributed by atoms with Gasteiger partial charge in [-0.05, 0) is 16.7 Å². The molecular formula is C26H26N4O6. The Labute approximate surface area is 207 Å². The van der Waals surface area contributed by atoms with Crippen molar-refractivity contribution >= 4 is 23.6 Å². The molecule has 0 bridgehead atoms. The second-order valence-electron chi connectivity index (χ2n) is 8.04. The summed E-state index contributed by atoms with van der Waals surface area (Å²) in [6.07, 6.45) is -0.618. The van der Waals surface area contributed by atoms with E-state index in [0.29, 0.717) is 5.56 Å². The predicted octanol–water partition coefficient (Wildman–Crippen LogP) is 2.65. The van der Waals surface area contributed by atoms with Gasteiger partial charge in [-0.15, -0.1) is 0 Å². The zero-order valence-corrected chi connectivity index (χ0v) is 19.3. The van der Waals surface area contributed by atoms with Crippen molar-refractivity contribution in [1.82, 2.24) is 10.6 Å². The van der Waals surface area contributed by atoms with Crippen LogP contribution < -0.4 is 16.4 Å². The first kappa shape index (κ1) is 25.9. The molecule has 0 saturated carbocycles. The van der Waals surface area contributed by atoms with E-state index in [2.05, 4.69) is 10.6 Å². The largest absolute Gasteiger partial charge is 0.445 e. The van der Waals surface area contributed by atoms with Gasteiger partial charge >= 0.3 is 6.09 Å². The maximum absolute atomic E-state index is 13.1. The summed E-state index contributed by atoms with van der Waals surface area (Å²) in [6.45, 7) is 0.0242. The van der Waals surface area contributed by atoms with Crippen LogP contribution >= 0.6 is 0 Å². The molecule has 0 heterocycles. The number of alkyl carbamates (subject to hydrolysis) is 1. The number of nitrogens with one attached hydrogen (secondary N) is 2. The molecule has 0 unspecified atom stereocenters. The van der Waals surface area contributed by atoms with E-state index < -0.39 is 34.9 Å². The molecule has 0 aliphatic heterocycles. The first-order valence-corrected chi connectivity index (χ1v) is 11.2. The molecule has 0 saturated heterocycles. The van der Waals surface area contributed by atoms with Crippen molar-refractivity contribution in [3.63, 3.8) is 0 Å². The Hall–Kier alpha value is -4.73. The van der Waals surface area contributed by atoms with Gasteiger partial charge in [-0.3, -0.25) is 19.7 Å². The SMILES string of the molecule is NC(=O)[C@H](Cc1ccc([N+](=O)[O-])cc1)NC(=O)[C@@H](Cc1ccccc1)NC(=O)OCc1ccccc1. The topological polar surface area (TPSA) is 154 Å². The summed E-state index contributed by atoms with van der Waals surface area (Å²) in [5.41, 5.74) is 7.54. The number of nitrogens with zero attached hydrogens (tertiary/aromatic N) is 1. The van der Waals surface area contributed by atoms with Crippen molar-refractivity contribution in [2.75, 3.05) is 0 Å². The molecular weight excluding hydrogens is 464 g/mol. The highest BCUT2D eigenvalue weighted by Crippen LogP contribution is 2.14. The summed E-state index contributed by atoms with van der Waals surface area (Å²) in [4.78, 5) is 48.0. The van der Waals surface area contributed by atoms with E-state index in [1.165, 1.54) is 24.3 Å². The van der Waals surface area contributed by atoms with Crippen LogP contribution in [0.25, 0.3) is 0 Å². The average Bonchev–Trinajstić information content (AvgIpc) is 2.88. The number of ether oxygens (including phenoxy) is 1. The molecule has 3 rings (SSSR count). The molecule has 0 aliphatic rings. The number of carbonyl (C=O) groups excluding carboxylic acids is 3. The Bertz CT molecular complexity index is 1190. The summed E-state index contributed by atoms with van der Waals surface area (Å²) >= 11 is 0. The van der Waals surface area contributed by atoms with Gasteiger partial charge in [-0.1, -0.05) is 72.8 Å². The molecule has 0 fully saturated rings. The normalized spacial score (nSPS) is 12.1. The Kier molecular flexibility index (Phi) is 9.10. The second-order valence-corrected chi connectivity index (χ2v) is 8.04. The van der Waals surface area contributed by atoms with E-state index in [1.807, 2.05) is 24.3 Å². The van der Waals surface area contributed by atoms with Gasteiger partial charge in [0, 0.05) is 25.0 Å². The van der Waals surface area contributed by atoms with E-state index in [-0.39, 0.29) is 25.1 Å². The summed E-state index contributed by atoms with van der Waals surface area (Å²) in [5, 5.41) is 16.0. The van der Waals surface area contributed by atoms with Crippen LogP contribution in [0, 0.1) is 10.1 Å². The van der Waals surface area contributed by atoms with Crippen LogP contribution in [0.2, 0.25) is 0 Å². The highest BCUT2D eigenvalue weighted by atomic mass is 16.6. The van der Waals surface area contributed by atoms with E-state index in [4.69, 9.17) is 10.5 Å². The third-order valence-corrected chi connectivity index (χ3v) is 5.35. The summed E-state index contributed by atoms with van der Waals surface area (Å²) in [5.74, 6) is -1.41. The van der Waals surface area contributed by atoms with E-state index >= 15 is 0 Å². The number of nitro groups is 1. The van der Waals surface area contributed by atoms with Gasteiger partial charge in [0.05, 0.1) is 4.92 Å². The molecule has 0 spiro atoms. The maximum Gasteiger partial charge on any atom is 0.408 e. The molecule has 3 amide bonds. The predicted molar refractivity (Wildman–Crippen MR) is 132 cm³/mol. The first-order chi connectivity index (χ1) is 17.3. The summed E-state index contributed by atoms with van der Waals surface area (Å²) in [6, 6.07) is 21.6. The Balaban J connectivity index is 1.69. The smallest absolute Gasteiger partial charge is 0.408 e. The minimum atomic E-state index is -1.10. The molecule has 10 nitrogen and oxygen atoms in total. The van der Waals surface area contributed by atoms with Crippen molar-refractivity contribution in [2.24, 2.45) is 5.73 Å². The highest BCUT2D eigenvalue weighted by molar-refractivity contribution is 5.91. The minimum absolute atomic E-state index is 0.0234. The van der Waals surface area contributed by atoms with Crippen LogP contribution in [0.15, 0.2) is 84.9 Å². The number of hydrogen-bond donors (Lipinski definition) is 3. The van der Waals surface area contributed by atoms with Gasteiger partial charge in [0.25, 0.3) is 5.69 Å². The van der Waals surface area contributed by atoms with Crippen molar-refractivity contribution in [3.8, 4) is 0 Å². The minimum Gasteiger partial charge on any atom is -0.445 e. The van der Waals surface area contributed by atoms with E-state index in [0.717, 1.165) is 11.1 Å². The lowest BCUT2D eigenvalue weighted by atomic mass is 10.0. The average molecular weight is 491 g/mol. The number of benzene rings is 3. The van der Waals surface area contributed by atoms with Crippen LogP contribution in [0.1, 0.15) is 16.7 Å². The molecule has 3 aromatic carbocycles. The molecule has 0 radical (unpaired) electrons. The lowest BCUT2D eigenvalue weighted by Crippen LogP contribution is -2.54. The number of amides is 3. The standard InChI is InChI=1S/C26H26N4O6/c27-24(31)22(15-19-11-13-21(14-12-19)30(34)35)28-25(32)23(16-18-7-3-1-4-8-18)29-26(33)36-17-20-9-5-2-6-10-20/h1-14,22-23H,15-17H2,(H2,27,31)(H,28,32)(H,29,33)/t22-,23+/m0/s1. The molecule has 2 atom stereocenters.